The average molecular weight is 382 g/mol. The molecule has 0 saturated carbocycles. The van der Waals surface area contributed by atoms with Gasteiger partial charge < -0.3 is 4.57 Å². The Morgan fingerprint density at radius 1 is 1.00 bits per heavy atom. The van der Waals surface area contributed by atoms with E-state index in [2.05, 4.69) is 4.98 Å². The van der Waals surface area contributed by atoms with Gasteiger partial charge in [0.15, 0.2) is 11.9 Å². The Bertz CT molecular complexity index is 1190. The molecule has 6 heteroatoms. The summed E-state index contributed by atoms with van der Waals surface area (Å²) in [6.45, 7) is 3.73. The molecule has 142 valence electrons. The Morgan fingerprint density at radius 3 is 2.36 bits per heavy atom. The first-order valence-corrected chi connectivity index (χ1v) is 8.86. The molecule has 0 amide bonds. The molecule has 3 nitrogen and oxygen atoms in total. The number of alkyl halides is 3. The molecule has 0 aliphatic rings. The molecule has 0 saturated heterocycles. The summed E-state index contributed by atoms with van der Waals surface area (Å²) in [6, 6.07) is 12.2. The Hall–Kier alpha value is -3.15. The minimum absolute atomic E-state index is 0.470. The van der Waals surface area contributed by atoms with Crippen molar-refractivity contribution in [3.63, 3.8) is 0 Å². The van der Waals surface area contributed by atoms with E-state index in [4.69, 9.17) is 0 Å². The van der Waals surface area contributed by atoms with E-state index >= 15 is 0 Å². The number of aryl methyl sites for hydroxylation is 2. The van der Waals surface area contributed by atoms with Crippen molar-refractivity contribution in [1.29, 1.82) is 0 Å². The molecule has 2 aromatic carbocycles. The van der Waals surface area contributed by atoms with Gasteiger partial charge in [-0.25, -0.2) is 4.98 Å². The average Bonchev–Trinajstić information content (AvgIpc) is 3.06. The summed E-state index contributed by atoms with van der Waals surface area (Å²) in [7, 11) is 1.77. The van der Waals surface area contributed by atoms with E-state index in [1.54, 1.807) is 24.0 Å². The van der Waals surface area contributed by atoms with E-state index in [0.29, 0.717) is 17.1 Å². The molecule has 0 fully saturated rings. The maximum atomic E-state index is 13.7. The summed E-state index contributed by atoms with van der Waals surface area (Å²) in [4.78, 5) is 4.26. The van der Waals surface area contributed by atoms with Gasteiger partial charge >= 0.3 is 6.18 Å². The normalized spacial score (nSPS) is 11.9. The zero-order chi connectivity index (χ0) is 20.1. The van der Waals surface area contributed by atoms with Crippen LogP contribution in [0.4, 0.5) is 13.2 Å². The van der Waals surface area contributed by atoms with E-state index in [0.717, 1.165) is 22.0 Å². The quantitative estimate of drug-likeness (QED) is 0.439. The van der Waals surface area contributed by atoms with Crippen LogP contribution in [0.5, 0.6) is 0 Å². The fraction of sp³-hybridized carbons (Fsp3) is 0.182. The lowest BCUT2D eigenvalue weighted by molar-refractivity contribution is -0.601. The number of aromatic nitrogens is 3. The molecule has 28 heavy (non-hydrogen) atoms. The summed E-state index contributed by atoms with van der Waals surface area (Å²) in [6.07, 6.45) is 0.745. The van der Waals surface area contributed by atoms with E-state index in [-0.39, 0.29) is 0 Å². The molecule has 0 spiro atoms. The predicted octanol–water partition coefficient (Wildman–Crippen LogP) is 5.15. The monoisotopic (exact) mass is 382 g/mol. The molecule has 2 aromatic heterocycles. The smallest absolute Gasteiger partial charge is 0.334 e. The minimum atomic E-state index is -4.45. The minimum Gasteiger partial charge on any atom is -0.334 e. The van der Waals surface area contributed by atoms with Crippen LogP contribution in [-0.2, 0) is 13.2 Å². The highest BCUT2D eigenvalue weighted by atomic mass is 19.4. The zero-order valence-corrected chi connectivity index (χ0v) is 15.7. The Morgan fingerprint density at radius 2 is 1.71 bits per heavy atom. The molecule has 0 radical (unpaired) electrons. The second-order valence-corrected chi connectivity index (χ2v) is 6.94. The fourth-order valence-electron chi connectivity index (χ4n) is 3.53. The summed E-state index contributed by atoms with van der Waals surface area (Å²) >= 11 is 0. The number of benzene rings is 2. The maximum absolute atomic E-state index is 13.7. The van der Waals surface area contributed by atoms with E-state index in [9.17, 15) is 13.2 Å². The van der Waals surface area contributed by atoms with Crippen LogP contribution in [0.1, 0.15) is 16.8 Å². The third-order valence-corrected chi connectivity index (χ3v) is 5.04. The zero-order valence-electron chi connectivity index (χ0n) is 15.7. The van der Waals surface area contributed by atoms with E-state index in [1.807, 2.05) is 54.9 Å². The molecular formula is C22H19F3N3+. The number of hydrogen-bond acceptors (Lipinski definition) is 1. The molecule has 0 bridgehead atoms. The molecule has 0 atom stereocenters. The standard InChI is InChI=1S/C22H19F3N3/c1-14-10-16-6-4-5-7-17(16)13-28(14)20-12-18(22(23,24)25)11-19(15(20)2)21-26-8-9-27(21)3/h4-13H,1-3H3/q+1. The van der Waals surface area contributed by atoms with Crippen molar-refractivity contribution in [2.45, 2.75) is 20.0 Å². The number of imidazole rings is 1. The topological polar surface area (TPSA) is 21.7 Å². The van der Waals surface area contributed by atoms with Gasteiger partial charge in [0.05, 0.1) is 5.56 Å². The second kappa shape index (κ2) is 6.48. The summed E-state index contributed by atoms with van der Waals surface area (Å²) < 4.78 is 44.5. The van der Waals surface area contributed by atoms with Crippen LogP contribution in [-0.4, -0.2) is 9.55 Å². The highest BCUT2D eigenvalue weighted by Gasteiger charge is 2.34. The molecule has 2 heterocycles. The van der Waals surface area contributed by atoms with Crippen LogP contribution in [0.25, 0.3) is 27.8 Å². The van der Waals surface area contributed by atoms with E-state index < -0.39 is 11.7 Å². The van der Waals surface area contributed by atoms with Crippen molar-refractivity contribution >= 4 is 10.8 Å². The lowest BCUT2D eigenvalue weighted by Crippen LogP contribution is -2.35. The lowest BCUT2D eigenvalue weighted by atomic mass is 10.0. The predicted molar refractivity (Wildman–Crippen MR) is 102 cm³/mol. The van der Waals surface area contributed by atoms with Gasteiger partial charge in [-0.3, -0.25) is 0 Å². The van der Waals surface area contributed by atoms with Crippen molar-refractivity contribution in [3.8, 4) is 17.1 Å². The van der Waals surface area contributed by atoms with Gasteiger partial charge in [0.2, 0.25) is 5.69 Å². The van der Waals surface area contributed by atoms with Crippen LogP contribution in [0.3, 0.4) is 0 Å². The Labute approximate surface area is 160 Å². The van der Waals surface area contributed by atoms with Crippen molar-refractivity contribution in [2.75, 3.05) is 0 Å². The van der Waals surface area contributed by atoms with Gasteiger partial charge in [0.25, 0.3) is 0 Å². The summed E-state index contributed by atoms with van der Waals surface area (Å²) in [5, 5.41) is 2.01. The summed E-state index contributed by atoms with van der Waals surface area (Å²) in [5.74, 6) is 0.504. The van der Waals surface area contributed by atoms with E-state index in [1.165, 1.54) is 12.1 Å². The number of pyridine rings is 1. The van der Waals surface area contributed by atoms with Gasteiger partial charge in [-0.2, -0.15) is 17.7 Å². The molecular weight excluding hydrogens is 363 g/mol. The molecule has 0 aliphatic heterocycles. The van der Waals surface area contributed by atoms with Crippen molar-refractivity contribution < 1.29 is 17.7 Å². The van der Waals surface area contributed by atoms with Crippen molar-refractivity contribution in [2.24, 2.45) is 7.05 Å². The first-order chi connectivity index (χ1) is 13.3. The number of fused-ring (bicyclic) bond motifs is 1. The third-order valence-electron chi connectivity index (χ3n) is 5.04. The first kappa shape index (κ1) is 18.2. The lowest BCUT2D eigenvalue weighted by Gasteiger charge is -2.14. The van der Waals surface area contributed by atoms with Crippen molar-refractivity contribution in [3.05, 3.63) is 77.9 Å². The maximum Gasteiger partial charge on any atom is 0.416 e. The van der Waals surface area contributed by atoms with Gasteiger partial charge in [-0.15, -0.1) is 0 Å². The first-order valence-electron chi connectivity index (χ1n) is 8.86. The van der Waals surface area contributed by atoms with Gasteiger partial charge in [0.1, 0.15) is 5.82 Å². The largest absolute Gasteiger partial charge is 0.416 e. The van der Waals surface area contributed by atoms with Crippen LogP contribution in [0, 0.1) is 13.8 Å². The van der Waals surface area contributed by atoms with Crippen LogP contribution in [0.15, 0.2) is 61.1 Å². The third kappa shape index (κ3) is 3.05. The number of nitrogens with zero attached hydrogens (tertiary/aromatic N) is 3. The molecule has 0 N–H and O–H groups in total. The highest BCUT2D eigenvalue weighted by molar-refractivity contribution is 5.81. The highest BCUT2D eigenvalue weighted by Crippen LogP contribution is 2.35. The molecule has 0 aliphatic carbocycles. The number of rotatable bonds is 2. The van der Waals surface area contributed by atoms with Crippen LogP contribution >= 0.6 is 0 Å². The molecule has 4 rings (SSSR count). The Balaban J connectivity index is 2.04. The Kier molecular flexibility index (Phi) is 4.22. The van der Waals surface area contributed by atoms with Gasteiger partial charge in [0, 0.05) is 55.0 Å². The van der Waals surface area contributed by atoms with Crippen LogP contribution < -0.4 is 4.57 Å². The SMILES string of the molecule is Cc1c(-c2nccn2C)cc(C(F)(F)F)cc1-[n+]1cc2ccccc2cc1C. The van der Waals surface area contributed by atoms with Crippen LogP contribution in [0.2, 0.25) is 0 Å². The number of halogens is 3. The summed E-state index contributed by atoms with van der Waals surface area (Å²) in [5.41, 5.74) is 1.87. The fourth-order valence-corrected chi connectivity index (χ4v) is 3.53. The van der Waals surface area contributed by atoms with Gasteiger partial charge in [-0.05, 0) is 24.4 Å². The second-order valence-electron chi connectivity index (χ2n) is 6.94. The number of hydrogen-bond donors (Lipinski definition) is 0. The molecule has 4 aromatic rings. The van der Waals surface area contributed by atoms with Crippen molar-refractivity contribution in [1.82, 2.24) is 9.55 Å². The molecule has 0 unspecified atom stereocenters. The van der Waals surface area contributed by atoms with Gasteiger partial charge in [-0.1, -0.05) is 18.2 Å².